The highest BCUT2D eigenvalue weighted by atomic mass is 19.1. The van der Waals surface area contributed by atoms with Crippen LogP contribution in [0, 0.1) is 11.0 Å². The summed E-state index contributed by atoms with van der Waals surface area (Å²) < 4.78 is 21.9. The third-order valence-electron chi connectivity index (χ3n) is 4.58. The molecule has 1 unspecified atom stereocenters. The topological polar surface area (TPSA) is 74.8 Å². The van der Waals surface area contributed by atoms with E-state index in [1.54, 1.807) is 16.9 Å². The van der Waals surface area contributed by atoms with E-state index < -0.39 is 11.0 Å². The average Bonchev–Trinajstić information content (AvgIpc) is 3.16. The summed E-state index contributed by atoms with van der Waals surface area (Å²) in [6.07, 6.45) is 1.68. The van der Waals surface area contributed by atoms with Crippen molar-refractivity contribution in [1.82, 2.24) is 9.78 Å². The Kier molecular flexibility index (Phi) is 5.09. The zero-order valence-electron chi connectivity index (χ0n) is 15.5. The van der Waals surface area contributed by atoms with Gasteiger partial charge in [-0.15, -0.1) is 0 Å². The highest BCUT2D eigenvalue weighted by molar-refractivity contribution is 5.76. The van der Waals surface area contributed by atoms with E-state index in [0.717, 1.165) is 28.5 Å². The quantitative estimate of drug-likeness (QED) is 0.503. The Balaban J connectivity index is 1.78. The molecule has 6 nitrogen and oxygen atoms in total. The van der Waals surface area contributed by atoms with Crippen LogP contribution in [0.5, 0.6) is 11.5 Å². The van der Waals surface area contributed by atoms with Gasteiger partial charge in [0.2, 0.25) is 0 Å². The molecule has 1 aromatic heterocycles. The Hall–Kier alpha value is -3.52. The number of halogens is 1. The lowest BCUT2D eigenvalue weighted by Gasteiger charge is -2.15. The fraction of sp³-hybridized carbons (Fsp3) is 0.0455. The first-order valence-corrected chi connectivity index (χ1v) is 8.91. The Labute approximate surface area is 166 Å². The number of quaternary nitrogens is 1. The van der Waals surface area contributed by atoms with Crippen molar-refractivity contribution in [3.63, 3.8) is 0 Å². The molecular formula is C22H18FN3O3. The minimum Gasteiger partial charge on any atom is -0.595 e. The summed E-state index contributed by atoms with van der Waals surface area (Å²) in [5.41, 5.74) is 3.44. The lowest BCUT2D eigenvalue weighted by atomic mass is 10.0. The van der Waals surface area contributed by atoms with Crippen molar-refractivity contribution in [2.45, 2.75) is 0 Å². The lowest BCUT2D eigenvalue weighted by molar-refractivity contribution is -0.991. The number of hydrogen-bond donors (Lipinski definition) is 2. The van der Waals surface area contributed by atoms with Crippen LogP contribution in [0.3, 0.4) is 0 Å². The molecule has 0 aliphatic rings. The fourth-order valence-electron chi connectivity index (χ4n) is 3.10. The second-order valence-electron chi connectivity index (χ2n) is 6.47. The molecule has 0 saturated heterocycles. The van der Waals surface area contributed by atoms with Crippen molar-refractivity contribution >= 4 is 5.69 Å². The molecule has 4 rings (SSSR count). The maximum absolute atomic E-state index is 14.4. The first kappa shape index (κ1) is 18.8. The van der Waals surface area contributed by atoms with Gasteiger partial charge in [0.05, 0.1) is 5.69 Å². The summed E-state index contributed by atoms with van der Waals surface area (Å²) in [5.74, 6) is -0.353. The van der Waals surface area contributed by atoms with Crippen molar-refractivity contribution in [3.8, 4) is 33.9 Å². The standard InChI is InChI=1S/C22H18FN3O3/c1-25-20(11-12-24-25)18-13-16(15-5-3-2-4-6-15)7-9-21(18)29-22-10-8-17(26(27)28)14-19(22)23/h2-14,26-27H,1H3. The van der Waals surface area contributed by atoms with Gasteiger partial charge in [0.25, 0.3) is 0 Å². The van der Waals surface area contributed by atoms with Gasteiger partial charge in [-0.1, -0.05) is 36.4 Å². The Bertz CT molecular complexity index is 1140. The molecule has 0 spiro atoms. The number of rotatable bonds is 5. The van der Waals surface area contributed by atoms with Gasteiger partial charge >= 0.3 is 0 Å². The molecule has 146 valence electrons. The van der Waals surface area contributed by atoms with Gasteiger partial charge in [-0.25, -0.2) is 9.60 Å². The monoisotopic (exact) mass is 391 g/mol. The average molecular weight is 391 g/mol. The smallest absolute Gasteiger partial charge is 0.171 e. The predicted octanol–water partition coefficient (Wildman–Crippen LogP) is 4.09. The van der Waals surface area contributed by atoms with Crippen LogP contribution in [0.25, 0.3) is 22.4 Å². The molecule has 1 atom stereocenters. The molecule has 1 heterocycles. The molecule has 0 amide bonds. The summed E-state index contributed by atoms with van der Waals surface area (Å²) >= 11 is 0. The largest absolute Gasteiger partial charge is 0.595 e. The molecule has 0 radical (unpaired) electrons. The van der Waals surface area contributed by atoms with Crippen LogP contribution in [-0.4, -0.2) is 15.0 Å². The van der Waals surface area contributed by atoms with E-state index >= 15 is 0 Å². The molecule has 0 aliphatic carbocycles. The first-order chi connectivity index (χ1) is 14.0. The maximum Gasteiger partial charge on any atom is 0.171 e. The van der Waals surface area contributed by atoms with Gasteiger partial charge in [0, 0.05) is 30.9 Å². The van der Waals surface area contributed by atoms with E-state index in [-0.39, 0.29) is 11.4 Å². The molecule has 3 aromatic carbocycles. The number of aromatic nitrogens is 2. The van der Waals surface area contributed by atoms with E-state index in [2.05, 4.69) is 5.10 Å². The molecule has 0 bridgehead atoms. The van der Waals surface area contributed by atoms with Crippen molar-refractivity contribution in [1.29, 1.82) is 0 Å². The predicted molar refractivity (Wildman–Crippen MR) is 106 cm³/mol. The SMILES string of the molecule is Cn1nccc1-c1cc(-c2ccccc2)ccc1Oc1ccc([NH+]([O-])O)cc1F. The van der Waals surface area contributed by atoms with Gasteiger partial charge in [-0.05, 0) is 35.4 Å². The number of aryl methyl sites for hydroxylation is 1. The van der Waals surface area contributed by atoms with E-state index in [0.29, 0.717) is 5.75 Å². The van der Waals surface area contributed by atoms with E-state index in [4.69, 9.17) is 9.94 Å². The number of benzene rings is 3. The van der Waals surface area contributed by atoms with Crippen LogP contribution in [-0.2, 0) is 7.05 Å². The Morgan fingerprint density at radius 3 is 2.38 bits per heavy atom. The highest BCUT2D eigenvalue weighted by Gasteiger charge is 2.15. The zero-order valence-corrected chi connectivity index (χ0v) is 15.5. The number of hydrogen-bond acceptors (Lipinski definition) is 4. The number of nitrogens with zero attached hydrogens (tertiary/aromatic N) is 2. The van der Waals surface area contributed by atoms with Crippen LogP contribution in [0.1, 0.15) is 0 Å². The fourth-order valence-corrected chi connectivity index (χ4v) is 3.10. The van der Waals surface area contributed by atoms with Crippen LogP contribution in [0.2, 0.25) is 0 Å². The number of nitrogens with one attached hydrogen (secondary N) is 1. The van der Waals surface area contributed by atoms with E-state index in [1.807, 2.05) is 55.6 Å². The summed E-state index contributed by atoms with van der Waals surface area (Å²) in [6, 6.07) is 20.9. The minimum atomic E-state index is -1.20. The number of ether oxygens (including phenoxy) is 1. The van der Waals surface area contributed by atoms with Crippen LogP contribution >= 0.6 is 0 Å². The Morgan fingerprint density at radius 2 is 1.72 bits per heavy atom. The first-order valence-electron chi connectivity index (χ1n) is 8.91. The Morgan fingerprint density at radius 1 is 0.966 bits per heavy atom. The van der Waals surface area contributed by atoms with E-state index in [1.165, 1.54) is 12.1 Å². The second-order valence-corrected chi connectivity index (χ2v) is 6.47. The normalized spacial score (nSPS) is 12.0. The molecule has 4 aromatic rings. The van der Waals surface area contributed by atoms with Crippen molar-refractivity contribution in [2.75, 3.05) is 0 Å². The van der Waals surface area contributed by atoms with Gasteiger partial charge in [0.15, 0.2) is 17.3 Å². The lowest BCUT2D eigenvalue weighted by Crippen LogP contribution is -2.99. The van der Waals surface area contributed by atoms with Crippen molar-refractivity contribution < 1.29 is 19.6 Å². The van der Waals surface area contributed by atoms with Crippen molar-refractivity contribution in [3.05, 3.63) is 90.0 Å². The maximum atomic E-state index is 14.4. The zero-order chi connectivity index (χ0) is 20.4. The van der Waals surface area contributed by atoms with Gasteiger partial charge in [-0.2, -0.15) is 10.3 Å². The second kappa shape index (κ2) is 7.84. The van der Waals surface area contributed by atoms with Gasteiger partial charge in [-0.3, -0.25) is 4.68 Å². The van der Waals surface area contributed by atoms with E-state index in [9.17, 15) is 9.60 Å². The summed E-state index contributed by atoms with van der Waals surface area (Å²) in [4.78, 5) is 0. The summed E-state index contributed by atoms with van der Waals surface area (Å²) in [6.45, 7) is 0. The van der Waals surface area contributed by atoms with Crippen LogP contribution in [0.15, 0.2) is 79.0 Å². The van der Waals surface area contributed by atoms with Crippen LogP contribution < -0.4 is 9.96 Å². The molecule has 2 N–H and O–H groups in total. The molecule has 0 saturated carbocycles. The minimum absolute atomic E-state index is 0.0501. The molecule has 29 heavy (non-hydrogen) atoms. The van der Waals surface area contributed by atoms with Crippen molar-refractivity contribution in [2.24, 2.45) is 7.05 Å². The van der Waals surface area contributed by atoms with Gasteiger partial charge < -0.3 is 9.94 Å². The molecular weight excluding hydrogens is 373 g/mol. The molecule has 0 aliphatic heterocycles. The highest BCUT2D eigenvalue weighted by Crippen LogP contribution is 2.37. The molecule has 0 fully saturated rings. The van der Waals surface area contributed by atoms with Crippen LogP contribution in [0.4, 0.5) is 10.1 Å². The summed E-state index contributed by atoms with van der Waals surface area (Å²) in [7, 11) is 1.82. The third kappa shape index (κ3) is 3.88. The summed E-state index contributed by atoms with van der Waals surface area (Å²) in [5, 5.41) is 23.1. The third-order valence-corrected chi connectivity index (χ3v) is 4.58. The molecule has 7 heteroatoms. The van der Waals surface area contributed by atoms with Gasteiger partial charge in [0.1, 0.15) is 5.75 Å².